The highest BCUT2D eigenvalue weighted by Gasteiger charge is 2.53. The Hall–Kier alpha value is -3.36. The molecule has 0 amide bonds. The number of aliphatic hydroxyl groups is 1. The molecule has 49 heavy (non-hydrogen) atoms. The smallest absolute Gasteiger partial charge is 0.115 e. The standard InChI is InChI=1S/C43H55NO5/c1-2-3-4-5-6-7-20-29-44-38-39(45)41(47-31-35-23-14-9-15-24-35)43(49-33-37-27-18-11-19-28-37)42(48-32-36-25-16-10-17-26-36)40(38)46-30-34-21-12-8-13-22-34/h8-19,21-28,38-45H,2-7,20,29-33H2,1H3/t38-,39+,40-,41-,42+,43+/m0/s1. The Morgan fingerprint density at radius 2 is 0.796 bits per heavy atom. The molecule has 2 N–H and O–H groups in total. The predicted molar refractivity (Wildman–Crippen MR) is 196 cm³/mol. The van der Waals surface area contributed by atoms with Crippen LogP contribution in [0.15, 0.2) is 121 Å². The summed E-state index contributed by atoms with van der Waals surface area (Å²) in [5, 5.41) is 16.0. The molecule has 6 atom stereocenters. The number of unbranched alkanes of at least 4 members (excludes halogenated alkanes) is 6. The van der Waals surface area contributed by atoms with Gasteiger partial charge in [0, 0.05) is 0 Å². The second-order valence-corrected chi connectivity index (χ2v) is 13.1. The maximum atomic E-state index is 12.2. The Labute approximate surface area is 293 Å². The minimum Gasteiger partial charge on any atom is -0.389 e. The van der Waals surface area contributed by atoms with Crippen LogP contribution in [0.25, 0.3) is 0 Å². The fourth-order valence-electron chi connectivity index (χ4n) is 6.60. The number of rotatable bonds is 21. The minimum absolute atomic E-state index is 0.346. The quantitative estimate of drug-likeness (QED) is 0.0872. The van der Waals surface area contributed by atoms with Crippen LogP contribution in [-0.2, 0) is 45.4 Å². The van der Waals surface area contributed by atoms with Gasteiger partial charge in [-0.1, -0.05) is 167 Å². The molecule has 4 aromatic rings. The van der Waals surface area contributed by atoms with Crippen LogP contribution in [-0.4, -0.2) is 48.2 Å². The van der Waals surface area contributed by atoms with Crippen molar-refractivity contribution in [2.75, 3.05) is 6.54 Å². The molecule has 0 saturated heterocycles. The number of hydrogen-bond acceptors (Lipinski definition) is 6. The van der Waals surface area contributed by atoms with Gasteiger partial charge in [0.15, 0.2) is 0 Å². The third kappa shape index (κ3) is 11.9. The molecule has 6 nitrogen and oxygen atoms in total. The first-order chi connectivity index (χ1) is 24.2. The molecule has 1 aliphatic rings. The predicted octanol–water partition coefficient (Wildman–Crippen LogP) is 8.41. The summed E-state index contributed by atoms with van der Waals surface area (Å²) in [6, 6.07) is 40.2. The number of hydrogen-bond donors (Lipinski definition) is 2. The molecule has 4 aromatic carbocycles. The van der Waals surface area contributed by atoms with Gasteiger partial charge < -0.3 is 29.4 Å². The van der Waals surface area contributed by atoms with Gasteiger partial charge in [0.05, 0.1) is 32.5 Å². The zero-order valence-electron chi connectivity index (χ0n) is 29.1. The summed E-state index contributed by atoms with van der Waals surface area (Å²) in [6.45, 7) is 4.50. The Bertz CT molecular complexity index is 1410. The van der Waals surface area contributed by atoms with Crippen LogP contribution in [0.1, 0.15) is 74.1 Å². The van der Waals surface area contributed by atoms with Gasteiger partial charge in [-0.15, -0.1) is 0 Å². The fraction of sp³-hybridized carbons (Fsp3) is 0.442. The molecule has 1 fully saturated rings. The first kappa shape index (κ1) is 36.9. The first-order valence-electron chi connectivity index (χ1n) is 18.3. The SMILES string of the molecule is CCCCCCCCCN[C@H]1[C@@H](O)[C@H](OCc2ccccc2)[C@@H](OCc2ccccc2)[C@H](OCc2ccccc2)[C@H]1OCc1ccccc1. The summed E-state index contributed by atoms with van der Waals surface area (Å²) in [5.74, 6) is 0. The van der Waals surface area contributed by atoms with Crippen molar-refractivity contribution in [1.29, 1.82) is 0 Å². The number of nitrogens with one attached hydrogen (secondary N) is 1. The van der Waals surface area contributed by atoms with Crippen LogP contribution in [0.3, 0.4) is 0 Å². The molecule has 6 heteroatoms. The summed E-state index contributed by atoms with van der Waals surface area (Å²) in [4.78, 5) is 0. The van der Waals surface area contributed by atoms with Gasteiger partial charge in [-0.05, 0) is 35.2 Å². The van der Waals surface area contributed by atoms with E-state index in [1.165, 1.54) is 32.1 Å². The van der Waals surface area contributed by atoms with Crippen LogP contribution < -0.4 is 5.32 Å². The highest BCUT2D eigenvalue weighted by atomic mass is 16.6. The number of benzene rings is 4. The molecule has 0 radical (unpaired) electrons. The Kier molecular flexibility index (Phi) is 15.8. The maximum absolute atomic E-state index is 12.2. The van der Waals surface area contributed by atoms with Crippen molar-refractivity contribution in [2.24, 2.45) is 0 Å². The summed E-state index contributed by atoms with van der Waals surface area (Å²) < 4.78 is 27.0. The molecule has 0 heterocycles. The molecule has 5 rings (SSSR count). The topological polar surface area (TPSA) is 69.2 Å². The normalized spacial score (nSPS) is 22.2. The van der Waals surface area contributed by atoms with Crippen LogP contribution in [0.4, 0.5) is 0 Å². The van der Waals surface area contributed by atoms with Gasteiger partial charge in [0.2, 0.25) is 0 Å². The van der Waals surface area contributed by atoms with E-state index in [0.29, 0.717) is 26.4 Å². The fourth-order valence-corrected chi connectivity index (χ4v) is 6.60. The monoisotopic (exact) mass is 665 g/mol. The Morgan fingerprint density at radius 3 is 1.22 bits per heavy atom. The lowest BCUT2D eigenvalue weighted by Gasteiger charge is -2.49. The third-order valence-corrected chi connectivity index (χ3v) is 9.33. The van der Waals surface area contributed by atoms with E-state index in [2.05, 4.69) is 48.6 Å². The highest BCUT2D eigenvalue weighted by molar-refractivity contribution is 5.17. The highest BCUT2D eigenvalue weighted by Crippen LogP contribution is 2.33. The third-order valence-electron chi connectivity index (χ3n) is 9.33. The lowest BCUT2D eigenvalue weighted by atomic mass is 9.82. The lowest BCUT2D eigenvalue weighted by Crippen LogP contribution is -2.69. The van der Waals surface area contributed by atoms with Crippen molar-refractivity contribution < 1.29 is 24.1 Å². The van der Waals surface area contributed by atoms with Crippen LogP contribution in [0.5, 0.6) is 0 Å². The molecule has 1 aliphatic carbocycles. The van der Waals surface area contributed by atoms with Gasteiger partial charge in [0.1, 0.15) is 30.5 Å². The van der Waals surface area contributed by atoms with Crippen molar-refractivity contribution in [3.05, 3.63) is 144 Å². The van der Waals surface area contributed by atoms with Crippen molar-refractivity contribution >= 4 is 0 Å². The van der Waals surface area contributed by atoms with E-state index in [-0.39, 0.29) is 0 Å². The van der Waals surface area contributed by atoms with Crippen molar-refractivity contribution in [1.82, 2.24) is 5.32 Å². The second-order valence-electron chi connectivity index (χ2n) is 13.1. The van der Waals surface area contributed by atoms with Gasteiger partial charge in [-0.2, -0.15) is 0 Å². The summed E-state index contributed by atoms with van der Waals surface area (Å²) in [5.41, 5.74) is 4.20. The van der Waals surface area contributed by atoms with Crippen molar-refractivity contribution in [2.45, 2.75) is 115 Å². The van der Waals surface area contributed by atoms with Crippen molar-refractivity contribution in [3.8, 4) is 0 Å². The Morgan fingerprint density at radius 1 is 0.449 bits per heavy atom. The van der Waals surface area contributed by atoms with Gasteiger partial charge in [-0.25, -0.2) is 0 Å². The minimum atomic E-state index is -0.897. The largest absolute Gasteiger partial charge is 0.389 e. The van der Waals surface area contributed by atoms with E-state index in [1.54, 1.807) is 0 Å². The van der Waals surface area contributed by atoms with Crippen LogP contribution in [0.2, 0.25) is 0 Å². The first-order valence-corrected chi connectivity index (χ1v) is 18.3. The zero-order valence-corrected chi connectivity index (χ0v) is 29.1. The van der Waals surface area contributed by atoms with E-state index in [4.69, 9.17) is 18.9 Å². The molecule has 0 bridgehead atoms. The van der Waals surface area contributed by atoms with Gasteiger partial charge in [0.25, 0.3) is 0 Å². The second kappa shape index (κ2) is 21.0. The molecule has 0 unspecified atom stereocenters. The van der Waals surface area contributed by atoms with E-state index in [0.717, 1.165) is 41.6 Å². The van der Waals surface area contributed by atoms with E-state index >= 15 is 0 Å². The zero-order chi connectivity index (χ0) is 33.9. The molecule has 0 aliphatic heterocycles. The van der Waals surface area contributed by atoms with Gasteiger partial charge >= 0.3 is 0 Å². The average molecular weight is 666 g/mol. The molecule has 1 saturated carbocycles. The molecular weight excluding hydrogens is 610 g/mol. The number of aliphatic hydroxyl groups excluding tert-OH is 1. The molecule has 0 spiro atoms. The molecular formula is C43H55NO5. The Balaban J connectivity index is 1.42. The lowest BCUT2D eigenvalue weighted by molar-refractivity contribution is -0.250. The van der Waals surface area contributed by atoms with Crippen LogP contribution >= 0.6 is 0 Å². The summed E-state index contributed by atoms with van der Waals surface area (Å²) >= 11 is 0. The molecule has 0 aromatic heterocycles. The van der Waals surface area contributed by atoms with E-state index < -0.39 is 36.6 Å². The summed E-state index contributed by atoms with van der Waals surface area (Å²) in [7, 11) is 0. The van der Waals surface area contributed by atoms with E-state index in [1.807, 2.05) is 84.9 Å². The number of ether oxygens (including phenoxy) is 4. The maximum Gasteiger partial charge on any atom is 0.115 e. The van der Waals surface area contributed by atoms with Crippen LogP contribution in [0, 0.1) is 0 Å². The van der Waals surface area contributed by atoms with E-state index in [9.17, 15) is 5.11 Å². The van der Waals surface area contributed by atoms with Gasteiger partial charge in [-0.3, -0.25) is 0 Å². The summed E-state index contributed by atoms with van der Waals surface area (Å²) in [6.07, 6.45) is 5.35. The molecule has 262 valence electrons. The van der Waals surface area contributed by atoms with Crippen molar-refractivity contribution in [3.63, 3.8) is 0 Å². The average Bonchev–Trinajstić information content (AvgIpc) is 3.15.